The van der Waals surface area contributed by atoms with Gasteiger partial charge in [-0.05, 0) is 93.5 Å². The lowest BCUT2D eigenvalue weighted by Crippen LogP contribution is -2.58. The summed E-state index contributed by atoms with van der Waals surface area (Å²) in [6, 6.07) is 19.4. The van der Waals surface area contributed by atoms with E-state index in [9.17, 15) is 33.9 Å². The van der Waals surface area contributed by atoms with E-state index in [1.807, 2.05) is 57.5 Å². The zero-order valence-corrected chi connectivity index (χ0v) is 41.1. The first-order valence-electron chi connectivity index (χ1n) is 23.2. The molecule has 17 heteroatoms. The molecule has 1 aliphatic rings. The van der Waals surface area contributed by atoms with Crippen LogP contribution in [0, 0.1) is 12.3 Å². The van der Waals surface area contributed by atoms with E-state index in [4.69, 9.17) is 9.47 Å². The van der Waals surface area contributed by atoms with Crippen molar-refractivity contribution in [3.05, 3.63) is 95.1 Å². The Morgan fingerprint density at radius 1 is 0.809 bits per heavy atom. The highest BCUT2D eigenvalue weighted by Gasteiger charge is 2.44. The van der Waals surface area contributed by atoms with Crippen molar-refractivity contribution in [2.45, 2.75) is 130 Å². The smallest absolute Gasteiger partial charge is 0.412 e. The van der Waals surface area contributed by atoms with Crippen molar-refractivity contribution in [1.82, 2.24) is 20.5 Å². The number of aliphatic hydroxyl groups excluding tert-OH is 1. The Bertz CT molecular complexity index is 2340. The number of aromatic nitrogens is 1. The highest BCUT2D eigenvalue weighted by Crippen LogP contribution is 2.29. The minimum Gasteiger partial charge on any atom is -0.444 e. The first-order chi connectivity index (χ1) is 32.3. The van der Waals surface area contributed by atoms with E-state index < -0.39 is 47.1 Å². The molecule has 3 aromatic carbocycles. The fraction of sp³-hybridized carbons (Fsp3) is 0.471. The van der Waals surface area contributed by atoms with Crippen molar-refractivity contribution >= 4 is 64.0 Å². The Labute approximate surface area is 403 Å². The van der Waals surface area contributed by atoms with Gasteiger partial charge in [-0.1, -0.05) is 82.9 Å². The first-order valence-corrected chi connectivity index (χ1v) is 24.1. The van der Waals surface area contributed by atoms with Crippen molar-refractivity contribution in [1.29, 1.82) is 0 Å². The molecule has 68 heavy (non-hydrogen) atoms. The Balaban J connectivity index is 0.942. The molecule has 0 saturated carbocycles. The van der Waals surface area contributed by atoms with Crippen LogP contribution in [0.3, 0.4) is 0 Å². The molecule has 3 atom stereocenters. The molecule has 0 unspecified atom stereocenters. The number of aryl methyl sites for hydroxylation is 1. The van der Waals surface area contributed by atoms with Crippen LogP contribution in [0.15, 0.2) is 78.3 Å². The van der Waals surface area contributed by atoms with Crippen LogP contribution in [-0.2, 0) is 35.2 Å². The number of carbonyl (C=O) groups is 6. The number of hydrogen-bond donors (Lipinski definition) is 6. The summed E-state index contributed by atoms with van der Waals surface area (Å²) in [5, 5.41) is 24.6. The molecule has 1 saturated heterocycles. The topological polar surface area (TPSA) is 217 Å². The molecule has 366 valence electrons. The van der Waals surface area contributed by atoms with Crippen LogP contribution in [0.1, 0.15) is 115 Å². The van der Waals surface area contributed by atoms with Gasteiger partial charge in [0.15, 0.2) is 0 Å². The Morgan fingerprint density at radius 3 is 2.09 bits per heavy atom. The number of benzene rings is 3. The summed E-state index contributed by atoms with van der Waals surface area (Å²) < 4.78 is 11.0. The molecule has 0 spiro atoms. The van der Waals surface area contributed by atoms with Crippen molar-refractivity contribution in [3.63, 3.8) is 0 Å². The number of rotatable bonds is 21. The lowest BCUT2D eigenvalue weighted by atomic mass is 9.85. The number of ether oxygens (including phenoxy) is 2. The molecule has 16 nitrogen and oxygen atoms in total. The zero-order valence-electron chi connectivity index (χ0n) is 40.2. The second-order valence-electron chi connectivity index (χ2n) is 19.1. The zero-order chi connectivity index (χ0) is 49.4. The molecule has 1 aliphatic heterocycles. The summed E-state index contributed by atoms with van der Waals surface area (Å²) in [6.07, 6.45) is 4.07. The van der Waals surface area contributed by atoms with E-state index in [-0.39, 0.29) is 43.8 Å². The van der Waals surface area contributed by atoms with Crippen LogP contribution in [0.2, 0.25) is 0 Å². The quantitative estimate of drug-likeness (QED) is 0.0440. The van der Waals surface area contributed by atoms with Crippen molar-refractivity contribution in [3.8, 4) is 10.4 Å². The van der Waals surface area contributed by atoms with Gasteiger partial charge in [0.1, 0.15) is 24.3 Å². The average molecular weight is 954 g/mol. The van der Waals surface area contributed by atoms with E-state index in [0.717, 1.165) is 60.2 Å². The number of hydrogen-bond acceptors (Lipinski definition) is 11. The highest BCUT2D eigenvalue weighted by atomic mass is 32.1. The highest BCUT2D eigenvalue weighted by molar-refractivity contribution is 7.13. The van der Waals surface area contributed by atoms with Gasteiger partial charge < -0.3 is 40.7 Å². The monoisotopic (exact) mass is 953 g/mol. The van der Waals surface area contributed by atoms with Crippen LogP contribution in [0.5, 0.6) is 0 Å². The fourth-order valence-corrected chi connectivity index (χ4v) is 8.39. The van der Waals surface area contributed by atoms with Crippen LogP contribution in [0.4, 0.5) is 21.9 Å². The van der Waals surface area contributed by atoms with Gasteiger partial charge in [-0.15, -0.1) is 11.3 Å². The number of anilines is 3. The molecule has 0 radical (unpaired) electrons. The summed E-state index contributed by atoms with van der Waals surface area (Å²) >= 11 is 1.57. The van der Waals surface area contributed by atoms with Crippen molar-refractivity contribution in [2.75, 3.05) is 35.7 Å². The van der Waals surface area contributed by atoms with Gasteiger partial charge in [-0.25, -0.2) is 9.78 Å². The second kappa shape index (κ2) is 24.7. The first kappa shape index (κ1) is 52.8. The number of likely N-dealkylation sites (tertiary alicyclic amines) is 1. The number of aliphatic hydroxyl groups is 1. The number of nitrogens with one attached hydrogen (secondary N) is 5. The maximum atomic E-state index is 13.9. The van der Waals surface area contributed by atoms with E-state index in [0.29, 0.717) is 35.7 Å². The lowest BCUT2D eigenvalue weighted by molar-refractivity contribution is -0.144. The second-order valence-corrected chi connectivity index (χ2v) is 20.0. The Hall–Kier alpha value is -6.17. The van der Waals surface area contributed by atoms with Crippen LogP contribution < -0.4 is 26.6 Å². The molecular formula is C51H67N7O9S. The van der Waals surface area contributed by atoms with Gasteiger partial charge in [0.25, 0.3) is 5.91 Å². The normalized spacial score (nSPS) is 15.3. The largest absolute Gasteiger partial charge is 0.444 e. The molecule has 0 bridgehead atoms. The third-order valence-corrected chi connectivity index (χ3v) is 12.1. The molecule has 5 rings (SSSR count). The third-order valence-electron chi connectivity index (χ3n) is 11.1. The van der Waals surface area contributed by atoms with Crippen molar-refractivity contribution in [2.24, 2.45) is 5.41 Å². The summed E-state index contributed by atoms with van der Waals surface area (Å²) in [5.41, 5.74) is 5.10. The average Bonchev–Trinajstić information content (AvgIpc) is 3.90. The summed E-state index contributed by atoms with van der Waals surface area (Å²) in [7, 11) is 0. The number of para-hydroxylation sites is 2. The number of thiazole rings is 1. The molecule has 6 amide bonds. The summed E-state index contributed by atoms with van der Waals surface area (Å²) in [5.74, 6) is -1.75. The molecular weight excluding hydrogens is 887 g/mol. The predicted octanol–water partition coefficient (Wildman–Crippen LogP) is 8.21. The molecule has 0 aliphatic carbocycles. The van der Waals surface area contributed by atoms with Gasteiger partial charge in [0, 0.05) is 43.8 Å². The summed E-state index contributed by atoms with van der Waals surface area (Å²) in [6.45, 7) is 13.2. The standard InChI is InChI=1S/C51H67N7O9S/c1-33-44(68-32-53-33)35-21-19-34(20-22-35)29-52-47(63)41-28-38(59)30-58(41)48(64)45(50(2,3)4)57-43(61)31-66-27-15-11-9-8-10-12-18-42(60)54-37-25-23-36(24-26-37)46(62)55-39-16-13-14-17-40(39)56-49(65)67-51(5,6)7/h13-14,16-17,19-26,32,38,41,45,59H,8-12,15,18,27-31H2,1-7H3,(H,52,63)(H,54,60)(H,55,62)(H,56,65)(H,57,61)/t38-,41+,45-/m1/s1. The van der Waals surface area contributed by atoms with Gasteiger partial charge in [0.2, 0.25) is 23.6 Å². The van der Waals surface area contributed by atoms with Crippen LogP contribution in [-0.4, -0.2) is 94.2 Å². The number of β-amino-alcohol motifs (C(OH)–C–C–N with tert-alkyl or cyclic N) is 1. The van der Waals surface area contributed by atoms with Gasteiger partial charge in [-0.2, -0.15) is 0 Å². The Kier molecular flexibility index (Phi) is 19.2. The lowest BCUT2D eigenvalue weighted by Gasteiger charge is -2.35. The van der Waals surface area contributed by atoms with E-state index >= 15 is 0 Å². The van der Waals surface area contributed by atoms with E-state index in [1.54, 1.807) is 80.6 Å². The molecule has 4 aromatic rings. The van der Waals surface area contributed by atoms with Crippen LogP contribution in [0.25, 0.3) is 10.4 Å². The fourth-order valence-electron chi connectivity index (χ4n) is 7.58. The number of nitrogens with zero attached hydrogens (tertiary/aromatic N) is 2. The van der Waals surface area contributed by atoms with Gasteiger partial charge in [0.05, 0.1) is 33.6 Å². The van der Waals surface area contributed by atoms with Crippen LogP contribution >= 0.6 is 11.3 Å². The molecule has 1 aromatic heterocycles. The van der Waals surface area contributed by atoms with Crippen molar-refractivity contribution < 1.29 is 43.3 Å². The SMILES string of the molecule is Cc1ncsc1-c1ccc(CNC(=O)[C@@H]2C[C@@H](O)CN2C(=O)[C@@H](NC(=O)COCCCCCCCCC(=O)Nc2ccc(C(=O)Nc3ccccc3NC(=O)OC(C)(C)C)cc2)C(C)(C)C)cc1. The van der Waals surface area contributed by atoms with Gasteiger partial charge >= 0.3 is 6.09 Å². The van der Waals surface area contributed by atoms with Gasteiger partial charge in [-0.3, -0.25) is 29.3 Å². The molecule has 2 heterocycles. The number of unbranched alkanes of at least 4 members (excludes halogenated alkanes) is 5. The summed E-state index contributed by atoms with van der Waals surface area (Å²) in [4.78, 5) is 85.0. The molecule has 1 fully saturated rings. The number of carbonyl (C=O) groups excluding carboxylic acids is 6. The maximum Gasteiger partial charge on any atom is 0.412 e. The van der Waals surface area contributed by atoms with E-state index in [2.05, 4.69) is 31.6 Å². The Morgan fingerprint density at radius 2 is 1.46 bits per heavy atom. The van der Waals surface area contributed by atoms with E-state index in [1.165, 1.54) is 4.90 Å². The minimum absolute atomic E-state index is 0.0124. The predicted molar refractivity (Wildman–Crippen MR) is 264 cm³/mol. The third kappa shape index (κ3) is 16.6. The molecule has 6 N–H and O–H groups in total. The maximum absolute atomic E-state index is 13.9. The number of amides is 6. The minimum atomic E-state index is -0.948.